The first-order valence-electron chi connectivity index (χ1n) is 20.3. The van der Waals surface area contributed by atoms with Crippen molar-refractivity contribution in [1.29, 1.82) is 0 Å². The standard InChI is InChI=1S/C46H61NO6/c1-44-28-9-8-10-32(44)17-22-39-40-23-24-42(45(40,2)29-25-41(39)44)53-43(49)47-30-26-36(48)27-31-52-46(33-11-6-5-7-12-33,34-13-18-37(50-3)19-14-34)35-15-20-38(51-4)21-16-35/h5-7,11-16,18-21,32,36,39-42,48H,8-10,17,22-31H2,1-4H3,(H,47,49)/t32?,36?,39?,40?,41?,42-,44-,45-/m0/s1. The summed E-state index contributed by atoms with van der Waals surface area (Å²) in [6, 6.07) is 26.1. The van der Waals surface area contributed by atoms with E-state index in [2.05, 4.69) is 31.3 Å². The monoisotopic (exact) mass is 723 g/mol. The number of aliphatic hydroxyl groups excluding tert-OH is 1. The Bertz CT molecular complexity index is 1600. The molecule has 7 rings (SSSR count). The molecular formula is C46H61NO6. The lowest BCUT2D eigenvalue weighted by atomic mass is 9.45. The summed E-state index contributed by atoms with van der Waals surface area (Å²) >= 11 is 0. The third kappa shape index (κ3) is 7.33. The number of rotatable bonds is 13. The second-order valence-corrected chi connectivity index (χ2v) is 16.9. The van der Waals surface area contributed by atoms with E-state index in [0.717, 1.165) is 58.8 Å². The van der Waals surface area contributed by atoms with Gasteiger partial charge in [0.1, 0.15) is 23.2 Å². The molecule has 0 aliphatic heterocycles. The van der Waals surface area contributed by atoms with Gasteiger partial charge in [0.15, 0.2) is 0 Å². The first-order chi connectivity index (χ1) is 25.7. The number of hydrogen-bond donors (Lipinski definition) is 2. The normalized spacial score (nSPS) is 29.9. The molecule has 0 saturated heterocycles. The number of fused-ring (bicyclic) bond motifs is 5. The van der Waals surface area contributed by atoms with E-state index >= 15 is 0 Å². The number of amides is 1. The molecule has 4 fully saturated rings. The van der Waals surface area contributed by atoms with Crippen LogP contribution in [0.4, 0.5) is 4.79 Å². The zero-order valence-corrected chi connectivity index (χ0v) is 32.4. The molecule has 0 heterocycles. The van der Waals surface area contributed by atoms with Gasteiger partial charge in [0, 0.05) is 12.0 Å². The zero-order chi connectivity index (χ0) is 37.1. The first kappa shape index (κ1) is 37.8. The smallest absolute Gasteiger partial charge is 0.407 e. The molecule has 3 aromatic carbocycles. The van der Waals surface area contributed by atoms with Crippen molar-refractivity contribution < 1.29 is 28.8 Å². The summed E-state index contributed by atoms with van der Waals surface area (Å²) in [5.74, 6) is 4.70. The van der Waals surface area contributed by atoms with Gasteiger partial charge in [0.25, 0.3) is 0 Å². The Balaban J connectivity index is 0.949. The predicted octanol–water partition coefficient (Wildman–Crippen LogP) is 9.68. The number of alkyl carbamates (subject to hydrolysis) is 1. The van der Waals surface area contributed by atoms with Crippen LogP contribution in [-0.2, 0) is 15.1 Å². The molecule has 3 aromatic rings. The maximum absolute atomic E-state index is 13.2. The van der Waals surface area contributed by atoms with Gasteiger partial charge in [-0.1, -0.05) is 81.3 Å². The molecule has 0 aromatic heterocycles. The highest BCUT2D eigenvalue weighted by Crippen LogP contribution is 2.66. The molecule has 7 nitrogen and oxygen atoms in total. The van der Waals surface area contributed by atoms with Gasteiger partial charge in [0.2, 0.25) is 0 Å². The van der Waals surface area contributed by atoms with Gasteiger partial charge >= 0.3 is 6.09 Å². The molecule has 0 bridgehead atoms. The molecule has 8 atom stereocenters. The zero-order valence-electron chi connectivity index (χ0n) is 32.4. The minimum atomic E-state index is -0.941. The van der Waals surface area contributed by atoms with Gasteiger partial charge in [-0.05, 0) is 134 Å². The molecule has 53 heavy (non-hydrogen) atoms. The van der Waals surface area contributed by atoms with Crippen molar-refractivity contribution in [3.63, 3.8) is 0 Å². The maximum Gasteiger partial charge on any atom is 0.407 e. The number of methoxy groups -OCH3 is 2. The van der Waals surface area contributed by atoms with Crippen LogP contribution in [0.2, 0.25) is 0 Å². The van der Waals surface area contributed by atoms with Crippen LogP contribution < -0.4 is 14.8 Å². The minimum absolute atomic E-state index is 0.0364. The van der Waals surface area contributed by atoms with E-state index in [-0.39, 0.29) is 17.6 Å². The van der Waals surface area contributed by atoms with Crippen molar-refractivity contribution >= 4 is 6.09 Å². The Morgan fingerprint density at radius 2 is 1.40 bits per heavy atom. The summed E-state index contributed by atoms with van der Waals surface area (Å²) in [7, 11) is 3.32. The second-order valence-electron chi connectivity index (χ2n) is 16.9. The second kappa shape index (κ2) is 16.0. The highest BCUT2D eigenvalue weighted by Gasteiger charge is 2.60. The van der Waals surface area contributed by atoms with Crippen molar-refractivity contribution in [1.82, 2.24) is 5.32 Å². The molecule has 7 heteroatoms. The van der Waals surface area contributed by atoms with Crippen molar-refractivity contribution in [2.75, 3.05) is 27.4 Å². The molecule has 0 radical (unpaired) electrons. The van der Waals surface area contributed by atoms with Crippen LogP contribution >= 0.6 is 0 Å². The SMILES string of the molecule is COc1ccc(C(OCCC(O)CCNC(=O)O[C@H]2CCC3C4CCC5CCCC[C@]5(C)C4CC[C@@]32C)(c2ccccc2)c2ccc(OC)cc2)cc1. The van der Waals surface area contributed by atoms with Crippen molar-refractivity contribution in [3.8, 4) is 11.5 Å². The van der Waals surface area contributed by atoms with E-state index in [4.69, 9.17) is 18.9 Å². The fourth-order valence-electron chi connectivity index (χ4n) is 11.5. The predicted molar refractivity (Wildman–Crippen MR) is 208 cm³/mol. The Labute approximate surface area is 317 Å². The summed E-state index contributed by atoms with van der Waals surface area (Å²) in [4.78, 5) is 13.2. The number of hydrogen-bond acceptors (Lipinski definition) is 6. The highest BCUT2D eigenvalue weighted by atomic mass is 16.6. The highest BCUT2D eigenvalue weighted by molar-refractivity contribution is 5.67. The summed E-state index contributed by atoms with van der Waals surface area (Å²) < 4.78 is 24.0. The number of benzene rings is 3. The Morgan fingerprint density at radius 3 is 2.06 bits per heavy atom. The van der Waals surface area contributed by atoms with Crippen LogP contribution in [0.15, 0.2) is 78.9 Å². The molecule has 5 unspecified atom stereocenters. The van der Waals surface area contributed by atoms with Gasteiger partial charge in [-0.15, -0.1) is 0 Å². The largest absolute Gasteiger partial charge is 0.497 e. The number of carbonyl (C=O) groups excluding carboxylic acids is 1. The molecular weight excluding hydrogens is 663 g/mol. The summed E-state index contributed by atoms with van der Waals surface area (Å²) in [6.45, 7) is 5.67. The lowest BCUT2D eigenvalue weighted by Gasteiger charge is -2.60. The lowest BCUT2D eigenvalue weighted by molar-refractivity contribution is -0.121. The van der Waals surface area contributed by atoms with Gasteiger partial charge in [-0.3, -0.25) is 0 Å². The number of ether oxygens (including phenoxy) is 4. The molecule has 4 saturated carbocycles. The van der Waals surface area contributed by atoms with E-state index in [1.165, 1.54) is 51.4 Å². The van der Waals surface area contributed by atoms with E-state index < -0.39 is 11.7 Å². The molecule has 4 aliphatic rings. The topological polar surface area (TPSA) is 86.2 Å². The molecule has 2 N–H and O–H groups in total. The number of aliphatic hydroxyl groups is 1. The van der Waals surface area contributed by atoms with Gasteiger partial charge < -0.3 is 29.4 Å². The van der Waals surface area contributed by atoms with Crippen LogP contribution in [-0.4, -0.2) is 50.8 Å². The van der Waals surface area contributed by atoms with Crippen LogP contribution in [0.1, 0.15) is 108 Å². The first-order valence-corrected chi connectivity index (χ1v) is 20.3. The average Bonchev–Trinajstić information content (AvgIpc) is 3.52. The van der Waals surface area contributed by atoms with E-state index in [1.807, 2.05) is 66.7 Å². The fourth-order valence-corrected chi connectivity index (χ4v) is 11.5. The van der Waals surface area contributed by atoms with E-state index in [0.29, 0.717) is 37.3 Å². The van der Waals surface area contributed by atoms with E-state index in [1.54, 1.807) is 14.2 Å². The Morgan fingerprint density at radius 1 is 0.755 bits per heavy atom. The van der Waals surface area contributed by atoms with Crippen LogP contribution in [0.25, 0.3) is 0 Å². The van der Waals surface area contributed by atoms with Crippen molar-refractivity contribution in [2.45, 2.75) is 109 Å². The van der Waals surface area contributed by atoms with Crippen molar-refractivity contribution in [3.05, 3.63) is 95.6 Å². The van der Waals surface area contributed by atoms with Crippen molar-refractivity contribution in [2.24, 2.45) is 34.5 Å². The Hall–Kier alpha value is -3.55. The fraction of sp³-hybridized carbons (Fsp3) is 0.587. The lowest BCUT2D eigenvalue weighted by Crippen LogP contribution is -2.53. The summed E-state index contributed by atoms with van der Waals surface area (Å²) in [6.07, 6.45) is 12.7. The molecule has 1 amide bonds. The van der Waals surface area contributed by atoms with Crippen LogP contribution in [0.3, 0.4) is 0 Å². The minimum Gasteiger partial charge on any atom is -0.497 e. The number of carbonyl (C=O) groups is 1. The molecule has 0 spiro atoms. The van der Waals surface area contributed by atoms with E-state index in [9.17, 15) is 9.90 Å². The third-order valence-corrected chi connectivity index (χ3v) is 14.4. The summed E-state index contributed by atoms with van der Waals surface area (Å²) in [5.41, 5.74) is 2.50. The average molecular weight is 724 g/mol. The Kier molecular flexibility index (Phi) is 11.4. The van der Waals surface area contributed by atoms with Gasteiger partial charge in [0.05, 0.1) is 26.9 Å². The van der Waals surface area contributed by atoms with Gasteiger partial charge in [-0.25, -0.2) is 4.79 Å². The van der Waals surface area contributed by atoms with Gasteiger partial charge in [-0.2, -0.15) is 0 Å². The molecule has 286 valence electrons. The maximum atomic E-state index is 13.2. The van der Waals surface area contributed by atoms with Crippen LogP contribution in [0.5, 0.6) is 11.5 Å². The third-order valence-electron chi connectivity index (χ3n) is 14.4. The number of nitrogens with one attached hydrogen (secondary N) is 1. The van der Waals surface area contributed by atoms with Crippen LogP contribution in [0, 0.1) is 34.5 Å². The molecule has 4 aliphatic carbocycles. The quantitative estimate of drug-likeness (QED) is 0.171. The summed E-state index contributed by atoms with van der Waals surface area (Å²) in [5, 5.41) is 14.1.